The van der Waals surface area contributed by atoms with Gasteiger partial charge in [-0.25, -0.2) is 0 Å². The van der Waals surface area contributed by atoms with Crippen molar-refractivity contribution in [3.05, 3.63) is 11.8 Å². The lowest BCUT2D eigenvalue weighted by Crippen LogP contribution is -1.97. The number of hydrogen-bond acceptors (Lipinski definition) is 3. The van der Waals surface area contributed by atoms with Crippen molar-refractivity contribution in [2.24, 2.45) is 0 Å². The van der Waals surface area contributed by atoms with Gasteiger partial charge >= 0.3 is 7.60 Å². The van der Waals surface area contributed by atoms with Crippen LogP contribution in [0.4, 0.5) is 0 Å². The van der Waals surface area contributed by atoms with E-state index in [1.165, 1.54) is 0 Å². The van der Waals surface area contributed by atoms with E-state index in [9.17, 15) is 4.57 Å². The smallest absolute Gasteiger partial charge is 0.356 e. The lowest BCUT2D eigenvalue weighted by Gasteiger charge is -2.08. The van der Waals surface area contributed by atoms with Crippen LogP contribution in [0.5, 0.6) is 0 Å². The Bertz CT molecular complexity index is 186. The lowest BCUT2D eigenvalue weighted by molar-refractivity contribution is 0.0471. The fraction of sp³-hybridized carbons (Fsp3) is 0.667. The van der Waals surface area contributed by atoms with Crippen LogP contribution >= 0.6 is 7.60 Å². The molecule has 0 aromatic heterocycles. The Kier molecular flexibility index (Phi) is 4.97. The second-order valence-corrected chi connectivity index (χ2v) is 3.34. The summed E-state index contributed by atoms with van der Waals surface area (Å²) < 4.78 is 20.1. The van der Waals surface area contributed by atoms with Crippen molar-refractivity contribution in [3.8, 4) is 0 Å². The Balaban J connectivity index is 4.27. The molecule has 0 aliphatic carbocycles. The van der Waals surface area contributed by atoms with Gasteiger partial charge in [0.25, 0.3) is 5.95 Å². The summed E-state index contributed by atoms with van der Waals surface area (Å²) in [6.45, 7) is 4.02. The Hall–Kier alpha value is -0.510. The van der Waals surface area contributed by atoms with Crippen LogP contribution < -0.4 is 0 Å². The van der Waals surface area contributed by atoms with Gasteiger partial charge < -0.3 is 19.3 Å². The van der Waals surface area contributed by atoms with Gasteiger partial charge in [0.05, 0.1) is 13.2 Å². The van der Waals surface area contributed by atoms with Crippen LogP contribution in [0.25, 0.3) is 0 Å². The number of ether oxygens (including phenoxy) is 2. The molecule has 0 aromatic rings. The summed E-state index contributed by atoms with van der Waals surface area (Å²) in [5, 5.41) is 0. The van der Waals surface area contributed by atoms with Crippen molar-refractivity contribution in [1.82, 2.24) is 0 Å². The molecule has 5 nitrogen and oxygen atoms in total. The van der Waals surface area contributed by atoms with E-state index in [1.54, 1.807) is 13.8 Å². The maximum Gasteiger partial charge on any atom is 0.356 e. The summed E-state index contributed by atoms with van der Waals surface area (Å²) in [5.41, 5.74) is 0. The van der Waals surface area contributed by atoms with Gasteiger partial charge in [0, 0.05) is 0 Å². The summed E-state index contributed by atoms with van der Waals surface area (Å²) in [6.07, 6.45) is 0. The minimum absolute atomic E-state index is 0.117. The third-order valence-electron chi connectivity index (χ3n) is 0.847. The Labute approximate surface area is 71.2 Å². The molecule has 0 rings (SSSR count). The zero-order chi connectivity index (χ0) is 9.61. The first-order valence-electron chi connectivity index (χ1n) is 3.53. The highest BCUT2D eigenvalue weighted by atomic mass is 31.2. The molecule has 12 heavy (non-hydrogen) atoms. The molecule has 0 aliphatic rings. The van der Waals surface area contributed by atoms with Crippen LogP contribution in [0.1, 0.15) is 13.8 Å². The maximum atomic E-state index is 10.4. The predicted molar refractivity (Wildman–Crippen MR) is 43.4 cm³/mol. The van der Waals surface area contributed by atoms with Crippen molar-refractivity contribution in [1.29, 1.82) is 0 Å². The van der Waals surface area contributed by atoms with Crippen molar-refractivity contribution in [3.63, 3.8) is 0 Å². The molecule has 2 N–H and O–H groups in total. The molecular formula is C6H13O5P. The summed E-state index contributed by atoms with van der Waals surface area (Å²) in [7, 11) is -4.19. The molecule has 0 saturated heterocycles. The van der Waals surface area contributed by atoms with Gasteiger partial charge in [0.2, 0.25) is 0 Å². The van der Waals surface area contributed by atoms with Gasteiger partial charge in [-0.3, -0.25) is 4.57 Å². The second kappa shape index (κ2) is 5.19. The molecule has 0 heterocycles. The molecule has 0 spiro atoms. The molecule has 0 fully saturated rings. The van der Waals surface area contributed by atoms with Gasteiger partial charge in [0.15, 0.2) is 0 Å². The standard InChI is InChI=1S/C6H13O5P/c1-3-10-6(11-4-2)5-12(7,8)9/h5H,3-4H2,1-2H3,(H2,7,8,9). The molecule has 0 bridgehead atoms. The van der Waals surface area contributed by atoms with Gasteiger partial charge in [-0.05, 0) is 13.8 Å². The summed E-state index contributed by atoms with van der Waals surface area (Å²) in [6, 6.07) is 0. The van der Waals surface area contributed by atoms with Crippen LogP contribution in [-0.2, 0) is 14.0 Å². The van der Waals surface area contributed by atoms with Crippen LogP contribution in [-0.4, -0.2) is 23.0 Å². The largest absolute Gasteiger partial charge is 0.466 e. The first kappa shape index (κ1) is 11.5. The van der Waals surface area contributed by atoms with Crippen molar-refractivity contribution in [2.75, 3.05) is 13.2 Å². The minimum atomic E-state index is -4.19. The summed E-state index contributed by atoms with van der Waals surface area (Å²) >= 11 is 0. The fourth-order valence-electron chi connectivity index (χ4n) is 0.538. The Morgan fingerprint density at radius 1 is 1.33 bits per heavy atom. The molecule has 6 heteroatoms. The first-order valence-corrected chi connectivity index (χ1v) is 5.21. The average Bonchev–Trinajstić information content (AvgIpc) is 1.84. The zero-order valence-corrected chi connectivity index (χ0v) is 7.95. The lowest BCUT2D eigenvalue weighted by atomic mass is 10.8. The van der Waals surface area contributed by atoms with Crippen molar-refractivity contribution >= 4 is 7.60 Å². The van der Waals surface area contributed by atoms with E-state index in [-0.39, 0.29) is 5.95 Å². The summed E-state index contributed by atoms with van der Waals surface area (Å²) in [5.74, 6) is 0.549. The topological polar surface area (TPSA) is 76.0 Å². The molecule has 72 valence electrons. The maximum absolute atomic E-state index is 10.4. The van der Waals surface area contributed by atoms with Crippen molar-refractivity contribution < 1.29 is 23.8 Å². The van der Waals surface area contributed by atoms with Crippen LogP contribution in [0.2, 0.25) is 0 Å². The van der Waals surface area contributed by atoms with Gasteiger partial charge in [0.1, 0.15) is 5.82 Å². The zero-order valence-electron chi connectivity index (χ0n) is 7.06. The number of rotatable bonds is 5. The highest BCUT2D eigenvalue weighted by Gasteiger charge is 2.12. The molecule has 0 unspecified atom stereocenters. The summed E-state index contributed by atoms with van der Waals surface area (Å²) in [4.78, 5) is 17.0. The third kappa shape index (κ3) is 6.22. The highest BCUT2D eigenvalue weighted by molar-refractivity contribution is 7.55. The fourth-order valence-corrected chi connectivity index (χ4v) is 0.962. The third-order valence-corrected chi connectivity index (χ3v) is 1.39. The minimum Gasteiger partial charge on any atom is -0.466 e. The van der Waals surface area contributed by atoms with E-state index >= 15 is 0 Å². The van der Waals surface area contributed by atoms with E-state index in [1.807, 2.05) is 0 Å². The Morgan fingerprint density at radius 3 is 2.00 bits per heavy atom. The predicted octanol–water partition coefficient (Wildman–Crippen LogP) is 1.04. The normalized spacial score (nSPS) is 10.7. The van der Waals surface area contributed by atoms with E-state index in [0.29, 0.717) is 19.0 Å². The highest BCUT2D eigenvalue weighted by Crippen LogP contribution is 2.37. The molecular weight excluding hydrogens is 183 g/mol. The van der Waals surface area contributed by atoms with Crippen LogP contribution in [0.3, 0.4) is 0 Å². The van der Waals surface area contributed by atoms with Crippen molar-refractivity contribution in [2.45, 2.75) is 13.8 Å². The number of hydrogen-bond donors (Lipinski definition) is 2. The second-order valence-electron chi connectivity index (χ2n) is 1.90. The molecule has 0 atom stereocenters. The molecule has 0 aliphatic heterocycles. The molecule has 0 saturated carbocycles. The average molecular weight is 196 g/mol. The van der Waals surface area contributed by atoms with Gasteiger partial charge in [-0.1, -0.05) is 0 Å². The van der Waals surface area contributed by atoms with Crippen LogP contribution in [0, 0.1) is 0 Å². The Morgan fingerprint density at radius 2 is 1.75 bits per heavy atom. The molecule has 0 amide bonds. The van der Waals surface area contributed by atoms with Crippen LogP contribution in [0.15, 0.2) is 11.8 Å². The van der Waals surface area contributed by atoms with E-state index in [2.05, 4.69) is 0 Å². The van der Waals surface area contributed by atoms with Gasteiger partial charge in [-0.2, -0.15) is 0 Å². The molecule has 0 aromatic carbocycles. The van der Waals surface area contributed by atoms with E-state index in [4.69, 9.17) is 19.3 Å². The van der Waals surface area contributed by atoms with E-state index in [0.717, 1.165) is 0 Å². The monoisotopic (exact) mass is 196 g/mol. The van der Waals surface area contributed by atoms with E-state index < -0.39 is 7.60 Å². The molecule has 0 radical (unpaired) electrons. The first-order chi connectivity index (χ1) is 5.49. The SMILES string of the molecule is CCOC(=CP(=O)(O)O)OCC. The quantitative estimate of drug-likeness (QED) is 0.507. The van der Waals surface area contributed by atoms with Gasteiger partial charge in [-0.15, -0.1) is 0 Å².